The van der Waals surface area contributed by atoms with E-state index < -0.39 is 4.92 Å². The van der Waals surface area contributed by atoms with Gasteiger partial charge in [-0.1, -0.05) is 6.07 Å². The molecule has 1 saturated heterocycles. The van der Waals surface area contributed by atoms with Crippen LogP contribution in [0.15, 0.2) is 18.2 Å². The highest BCUT2D eigenvalue weighted by atomic mass is 35.5. The van der Waals surface area contributed by atoms with E-state index in [0.29, 0.717) is 18.1 Å². The van der Waals surface area contributed by atoms with E-state index in [-0.39, 0.29) is 35.8 Å². The number of benzene rings is 1. The largest absolute Gasteiger partial charge is 0.490 e. The molecule has 1 aliphatic heterocycles. The molecule has 0 saturated carbocycles. The molecule has 1 amide bonds. The van der Waals surface area contributed by atoms with Gasteiger partial charge in [0.2, 0.25) is 5.91 Å². The lowest BCUT2D eigenvalue weighted by Gasteiger charge is -2.23. The molecule has 0 spiro atoms. The lowest BCUT2D eigenvalue weighted by Crippen LogP contribution is -2.40. The second kappa shape index (κ2) is 9.71. The van der Waals surface area contributed by atoms with Crippen LogP contribution in [0.2, 0.25) is 0 Å². The Morgan fingerprint density at radius 2 is 2.29 bits per heavy atom. The van der Waals surface area contributed by atoms with E-state index >= 15 is 0 Å². The summed E-state index contributed by atoms with van der Waals surface area (Å²) in [6.45, 7) is 1.27. The van der Waals surface area contributed by atoms with Crippen LogP contribution in [0.5, 0.6) is 5.75 Å². The molecule has 1 aliphatic rings. The lowest BCUT2D eigenvalue weighted by molar-refractivity contribution is -0.385. The molecule has 0 bridgehead atoms. The zero-order valence-corrected chi connectivity index (χ0v) is 15.1. The highest BCUT2D eigenvalue weighted by Gasteiger charge is 2.27. The zero-order chi connectivity index (χ0) is 16.8. The van der Waals surface area contributed by atoms with Crippen LogP contribution in [0.4, 0.5) is 5.69 Å². The molecule has 1 aromatic carbocycles. The first-order valence-electron chi connectivity index (χ1n) is 7.45. The molecule has 1 atom stereocenters. The fraction of sp³-hybridized carbons (Fsp3) is 0.533. The van der Waals surface area contributed by atoms with Crippen LogP contribution >= 0.6 is 24.2 Å². The number of rotatable bonds is 7. The predicted molar refractivity (Wildman–Crippen MR) is 96.8 cm³/mol. The van der Waals surface area contributed by atoms with Crippen molar-refractivity contribution in [2.24, 2.45) is 5.73 Å². The zero-order valence-electron chi connectivity index (χ0n) is 13.5. The van der Waals surface area contributed by atoms with Crippen LogP contribution in [0.25, 0.3) is 0 Å². The Hall–Kier alpha value is -1.51. The van der Waals surface area contributed by atoms with Gasteiger partial charge in [-0.25, -0.2) is 0 Å². The summed E-state index contributed by atoms with van der Waals surface area (Å²) >= 11 is 1.45. The first-order chi connectivity index (χ1) is 11.1. The van der Waals surface area contributed by atoms with Gasteiger partial charge in [0, 0.05) is 31.0 Å². The number of nitro benzene ring substituents is 1. The Morgan fingerprint density at radius 3 is 2.92 bits per heavy atom. The van der Waals surface area contributed by atoms with Crippen LogP contribution in [-0.4, -0.2) is 47.7 Å². The number of carbonyl (C=O) groups is 1. The molecule has 2 rings (SSSR count). The van der Waals surface area contributed by atoms with E-state index in [1.165, 1.54) is 24.9 Å². The summed E-state index contributed by atoms with van der Waals surface area (Å²) in [6, 6.07) is 5.02. The van der Waals surface area contributed by atoms with Crippen molar-refractivity contribution in [2.75, 3.05) is 26.0 Å². The van der Waals surface area contributed by atoms with Crippen molar-refractivity contribution in [3.05, 3.63) is 33.9 Å². The van der Waals surface area contributed by atoms with Crippen LogP contribution in [0.1, 0.15) is 18.4 Å². The highest BCUT2D eigenvalue weighted by molar-refractivity contribution is 7.99. The van der Waals surface area contributed by atoms with E-state index in [0.717, 1.165) is 24.9 Å². The highest BCUT2D eigenvalue weighted by Crippen LogP contribution is 2.29. The molecule has 7 nitrogen and oxygen atoms in total. The molecule has 0 radical (unpaired) electrons. The fourth-order valence-electron chi connectivity index (χ4n) is 2.72. The van der Waals surface area contributed by atoms with Crippen molar-refractivity contribution < 1.29 is 14.5 Å². The minimum absolute atomic E-state index is 0. The molecule has 1 aromatic rings. The molecule has 1 unspecified atom stereocenters. The molecule has 24 heavy (non-hydrogen) atoms. The molecule has 0 aromatic heterocycles. The summed E-state index contributed by atoms with van der Waals surface area (Å²) in [5.41, 5.74) is 6.42. The van der Waals surface area contributed by atoms with Gasteiger partial charge in [-0.3, -0.25) is 14.9 Å². The summed E-state index contributed by atoms with van der Waals surface area (Å²) in [5.74, 6) is 1.22. The van der Waals surface area contributed by atoms with Gasteiger partial charge in [0.15, 0.2) is 5.75 Å². The van der Waals surface area contributed by atoms with Crippen LogP contribution in [-0.2, 0) is 10.5 Å². The van der Waals surface area contributed by atoms with Crippen molar-refractivity contribution in [1.82, 2.24) is 4.90 Å². The number of nitro groups is 1. The number of likely N-dealkylation sites (tertiary alicyclic amines) is 1. The maximum atomic E-state index is 12.2. The topological polar surface area (TPSA) is 98.7 Å². The summed E-state index contributed by atoms with van der Waals surface area (Å²) in [4.78, 5) is 24.6. The average Bonchev–Trinajstić information content (AvgIpc) is 3.03. The quantitative estimate of drug-likeness (QED) is 0.579. The monoisotopic (exact) mass is 375 g/mol. The smallest absolute Gasteiger partial charge is 0.311 e. The molecule has 134 valence electrons. The number of methoxy groups -OCH3 is 1. The first kappa shape index (κ1) is 20.5. The number of amides is 1. The van der Waals surface area contributed by atoms with E-state index in [1.54, 1.807) is 12.1 Å². The van der Waals surface area contributed by atoms with Crippen molar-refractivity contribution >= 4 is 35.8 Å². The van der Waals surface area contributed by atoms with E-state index in [9.17, 15) is 14.9 Å². The Balaban J connectivity index is 0.00000288. The van der Waals surface area contributed by atoms with Crippen LogP contribution in [0.3, 0.4) is 0 Å². The summed E-state index contributed by atoms with van der Waals surface area (Å²) in [7, 11) is 1.40. The molecule has 0 aliphatic carbocycles. The fourth-order valence-corrected chi connectivity index (χ4v) is 3.57. The first-order valence-corrected chi connectivity index (χ1v) is 8.61. The lowest BCUT2D eigenvalue weighted by atomic mass is 10.2. The summed E-state index contributed by atoms with van der Waals surface area (Å²) in [6.07, 6.45) is 1.97. The minimum atomic E-state index is -0.464. The van der Waals surface area contributed by atoms with Gasteiger partial charge in [-0.2, -0.15) is 0 Å². The normalized spacial score (nSPS) is 16.6. The third kappa shape index (κ3) is 4.99. The van der Waals surface area contributed by atoms with Crippen LogP contribution in [0, 0.1) is 10.1 Å². The Morgan fingerprint density at radius 1 is 1.54 bits per heavy atom. The molecular weight excluding hydrogens is 354 g/mol. The van der Waals surface area contributed by atoms with Gasteiger partial charge < -0.3 is 15.4 Å². The van der Waals surface area contributed by atoms with E-state index in [4.69, 9.17) is 10.5 Å². The van der Waals surface area contributed by atoms with Crippen LogP contribution < -0.4 is 10.5 Å². The number of nitrogens with zero attached hydrogens (tertiary/aromatic N) is 2. The third-order valence-corrected chi connectivity index (χ3v) is 4.89. The Kier molecular flexibility index (Phi) is 8.30. The van der Waals surface area contributed by atoms with Gasteiger partial charge in [0.05, 0.1) is 17.8 Å². The average molecular weight is 376 g/mol. The van der Waals surface area contributed by atoms with Crippen molar-refractivity contribution in [3.8, 4) is 5.75 Å². The standard InChI is InChI=1S/C15H21N3O4S.ClH/c1-22-14-5-4-11(7-13(14)18(20)21)9-23-10-15(19)17-6-2-3-12(17)8-16;/h4-5,7,12H,2-3,6,8-10,16H2,1H3;1H. The molecular formula is C15H22ClN3O4S. The molecule has 1 heterocycles. The second-order valence-corrected chi connectivity index (χ2v) is 6.36. The van der Waals surface area contributed by atoms with E-state index in [1.807, 2.05) is 4.90 Å². The maximum Gasteiger partial charge on any atom is 0.311 e. The van der Waals surface area contributed by atoms with Crippen molar-refractivity contribution in [1.29, 1.82) is 0 Å². The molecule has 9 heteroatoms. The summed E-state index contributed by atoms with van der Waals surface area (Å²) in [5, 5.41) is 11.0. The number of nitrogens with two attached hydrogens (primary N) is 1. The van der Waals surface area contributed by atoms with Gasteiger partial charge in [0.25, 0.3) is 0 Å². The number of ether oxygens (including phenoxy) is 1. The van der Waals surface area contributed by atoms with Crippen molar-refractivity contribution in [2.45, 2.75) is 24.6 Å². The Bertz CT molecular complexity index is 588. The summed E-state index contributed by atoms with van der Waals surface area (Å²) < 4.78 is 4.97. The van der Waals surface area contributed by atoms with E-state index in [2.05, 4.69) is 0 Å². The molecule has 1 fully saturated rings. The number of carbonyl (C=O) groups excluding carboxylic acids is 1. The third-order valence-electron chi connectivity index (χ3n) is 3.90. The maximum absolute atomic E-state index is 12.2. The second-order valence-electron chi connectivity index (χ2n) is 5.37. The van der Waals surface area contributed by atoms with Crippen molar-refractivity contribution in [3.63, 3.8) is 0 Å². The minimum Gasteiger partial charge on any atom is -0.490 e. The number of hydrogen-bond donors (Lipinski definition) is 1. The Labute approximate surface area is 151 Å². The van der Waals surface area contributed by atoms with Gasteiger partial charge in [-0.15, -0.1) is 24.2 Å². The molecule has 2 N–H and O–H groups in total. The van der Waals surface area contributed by atoms with Gasteiger partial charge >= 0.3 is 5.69 Å². The van der Waals surface area contributed by atoms with Gasteiger partial charge in [-0.05, 0) is 24.5 Å². The predicted octanol–water partition coefficient (Wildman–Crippen LogP) is 2.21. The number of hydrogen-bond acceptors (Lipinski definition) is 6. The SMILES string of the molecule is COc1ccc(CSCC(=O)N2CCCC2CN)cc1[N+](=O)[O-].Cl. The number of halogens is 1. The van der Waals surface area contributed by atoms with Gasteiger partial charge in [0.1, 0.15) is 0 Å². The number of thioether (sulfide) groups is 1.